The van der Waals surface area contributed by atoms with Crippen LogP contribution in [0.1, 0.15) is 41.0 Å². The number of nitrogens with zero attached hydrogens (tertiary/aromatic N) is 1. The first-order valence-corrected chi connectivity index (χ1v) is 11.6. The molecule has 0 bridgehead atoms. The lowest BCUT2D eigenvalue weighted by Gasteiger charge is -2.28. The molecular weight excluding hydrogens is 412 g/mol. The zero-order chi connectivity index (χ0) is 21.2. The smallest absolute Gasteiger partial charge is 0.194 e. The second-order valence-electron chi connectivity index (χ2n) is 8.12. The summed E-state index contributed by atoms with van der Waals surface area (Å²) in [4.78, 5) is 17.6. The summed E-state index contributed by atoms with van der Waals surface area (Å²) in [5.41, 5.74) is 2.02. The van der Waals surface area contributed by atoms with E-state index in [1.54, 1.807) is 7.11 Å². The number of rotatable bonds is 6. The molecule has 2 aromatic carbocycles. The molecule has 0 amide bonds. The van der Waals surface area contributed by atoms with Gasteiger partial charge in [-0.05, 0) is 55.5 Å². The number of carbonyl (C=O) groups is 1. The Morgan fingerprint density at radius 3 is 2.71 bits per heavy atom. The Kier molecular flexibility index (Phi) is 5.78. The monoisotopic (exact) mass is 438 g/mol. The fourth-order valence-electron chi connectivity index (χ4n) is 4.33. The summed E-state index contributed by atoms with van der Waals surface area (Å²) in [6, 6.07) is 12.3. The van der Waals surface area contributed by atoms with Crippen LogP contribution in [0.15, 0.2) is 36.4 Å². The number of carbonyl (C=O) groups excluding carboxylic acids is 1. The van der Waals surface area contributed by atoms with Crippen LogP contribution in [0, 0.1) is 5.92 Å². The van der Waals surface area contributed by atoms with Gasteiger partial charge in [-0.15, -0.1) is 11.3 Å². The van der Waals surface area contributed by atoms with Crippen molar-refractivity contribution >= 4 is 27.3 Å². The molecular formula is C24H26N2O4S. The highest BCUT2D eigenvalue weighted by atomic mass is 32.1. The fraction of sp³-hybridized carbons (Fsp3) is 0.417. The number of thiazole rings is 1. The summed E-state index contributed by atoms with van der Waals surface area (Å²) >= 11 is 1.48. The number of Topliss-reactive ketones (excluding diaryl/α,β-unsaturated/α-hetero) is 1. The van der Waals surface area contributed by atoms with Gasteiger partial charge in [0.1, 0.15) is 19.0 Å². The Morgan fingerprint density at radius 2 is 1.90 bits per heavy atom. The van der Waals surface area contributed by atoms with E-state index < -0.39 is 0 Å². The molecule has 1 saturated carbocycles. The molecule has 1 aromatic heterocycles. The van der Waals surface area contributed by atoms with Crippen LogP contribution in [0.5, 0.6) is 17.2 Å². The van der Waals surface area contributed by atoms with E-state index in [9.17, 15) is 4.79 Å². The number of ether oxygens (including phenoxy) is 3. The van der Waals surface area contributed by atoms with E-state index >= 15 is 0 Å². The van der Waals surface area contributed by atoms with Gasteiger partial charge in [0.25, 0.3) is 0 Å². The van der Waals surface area contributed by atoms with Crippen LogP contribution in [-0.2, 0) is 6.54 Å². The van der Waals surface area contributed by atoms with Crippen molar-refractivity contribution < 1.29 is 19.0 Å². The van der Waals surface area contributed by atoms with Crippen molar-refractivity contribution in [2.75, 3.05) is 20.3 Å². The van der Waals surface area contributed by atoms with Crippen LogP contribution in [0.2, 0.25) is 0 Å². The van der Waals surface area contributed by atoms with Crippen LogP contribution >= 0.6 is 11.3 Å². The first-order valence-electron chi connectivity index (χ1n) is 10.8. The van der Waals surface area contributed by atoms with Crippen LogP contribution in [0.3, 0.4) is 0 Å². The largest absolute Gasteiger partial charge is 0.497 e. The molecule has 162 valence electrons. The third-order valence-electron chi connectivity index (χ3n) is 6.10. The van der Waals surface area contributed by atoms with Crippen molar-refractivity contribution in [3.05, 3.63) is 47.0 Å². The quantitative estimate of drug-likeness (QED) is 0.567. The van der Waals surface area contributed by atoms with Gasteiger partial charge < -0.3 is 19.5 Å². The Labute approximate surface area is 185 Å². The zero-order valence-corrected chi connectivity index (χ0v) is 18.4. The van der Waals surface area contributed by atoms with Crippen molar-refractivity contribution in [2.45, 2.75) is 38.3 Å². The normalized spacial score (nSPS) is 20.5. The van der Waals surface area contributed by atoms with E-state index in [1.807, 2.05) is 24.3 Å². The second kappa shape index (κ2) is 8.85. The first kappa shape index (κ1) is 20.3. The molecule has 2 heterocycles. The summed E-state index contributed by atoms with van der Waals surface area (Å²) in [7, 11) is 1.64. The Bertz CT molecular complexity index is 1090. The van der Waals surface area contributed by atoms with Crippen molar-refractivity contribution in [2.24, 2.45) is 5.92 Å². The third kappa shape index (κ3) is 4.38. The van der Waals surface area contributed by atoms with Gasteiger partial charge in [-0.25, -0.2) is 4.98 Å². The topological polar surface area (TPSA) is 69.7 Å². The highest BCUT2D eigenvalue weighted by Gasteiger charge is 2.28. The van der Waals surface area contributed by atoms with Gasteiger partial charge in [0.05, 0.1) is 17.3 Å². The second-order valence-corrected chi connectivity index (χ2v) is 9.16. The minimum Gasteiger partial charge on any atom is -0.497 e. The molecule has 0 radical (unpaired) electrons. The average molecular weight is 439 g/mol. The molecule has 1 fully saturated rings. The highest BCUT2D eigenvalue weighted by Crippen LogP contribution is 2.33. The fourth-order valence-corrected chi connectivity index (χ4v) is 5.30. The standard InChI is InChI=1S/C24H26N2O4S/c1-28-18-7-9-22-19(13-18)26-24(31-22)23(27)16-3-5-17(6-4-16)25-14-15-2-8-20-21(12-15)30-11-10-29-20/h2,7-9,12-13,16-17,25H,3-6,10-11,14H2,1H3. The lowest BCUT2D eigenvalue weighted by molar-refractivity contribution is 0.0879. The number of hydrogen-bond donors (Lipinski definition) is 1. The van der Waals surface area contributed by atoms with E-state index in [1.165, 1.54) is 16.9 Å². The zero-order valence-electron chi connectivity index (χ0n) is 17.6. The number of fused-ring (bicyclic) bond motifs is 2. The van der Waals surface area contributed by atoms with Gasteiger partial charge >= 0.3 is 0 Å². The molecule has 7 heteroatoms. The SMILES string of the molecule is COc1ccc2sc(C(=O)C3CCC(NCc4ccc5c(c4)OCCO5)CC3)nc2c1. The van der Waals surface area contributed by atoms with Crippen molar-refractivity contribution in [1.82, 2.24) is 10.3 Å². The number of hydrogen-bond acceptors (Lipinski definition) is 7. The Balaban J connectivity index is 1.15. The molecule has 5 rings (SSSR count). The van der Waals surface area contributed by atoms with Crippen LogP contribution < -0.4 is 19.5 Å². The van der Waals surface area contributed by atoms with Crippen molar-refractivity contribution in [3.63, 3.8) is 0 Å². The number of aromatic nitrogens is 1. The maximum absolute atomic E-state index is 13.0. The number of methoxy groups -OCH3 is 1. The number of nitrogens with one attached hydrogen (secondary N) is 1. The predicted octanol–water partition coefficient (Wildman–Crippen LogP) is 4.61. The Hall–Kier alpha value is -2.64. The summed E-state index contributed by atoms with van der Waals surface area (Å²) in [5.74, 6) is 2.66. The van der Waals surface area contributed by atoms with Crippen LogP contribution in [0.4, 0.5) is 0 Å². The van der Waals surface area contributed by atoms with E-state index in [0.717, 1.165) is 59.7 Å². The van der Waals surface area contributed by atoms with Crippen LogP contribution in [-0.4, -0.2) is 37.1 Å². The van der Waals surface area contributed by atoms with E-state index in [4.69, 9.17) is 14.2 Å². The molecule has 3 aromatic rings. The van der Waals surface area contributed by atoms with Crippen molar-refractivity contribution in [3.8, 4) is 17.2 Å². The molecule has 0 atom stereocenters. The third-order valence-corrected chi connectivity index (χ3v) is 7.16. The molecule has 6 nitrogen and oxygen atoms in total. The number of benzene rings is 2. The van der Waals surface area contributed by atoms with E-state index in [0.29, 0.717) is 24.3 Å². The first-order chi connectivity index (χ1) is 15.2. The predicted molar refractivity (Wildman–Crippen MR) is 121 cm³/mol. The van der Waals surface area contributed by atoms with Gasteiger partial charge in [-0.3, -0.25) is 4.79 Å². The Morgan fingerprint density at radius 1 is 1.10 bits per heavy atom. The molecule has 31 heavy (non-hydrogen) atoms. The summed E-state index contributed by atoms with van der Waals surface area (Å²) < 4.78 is 17.5. The van der Waals surface area contributed by atoms with Crippen LogP contribution in [0.25, 0.3) is 10.2 Å². The minimum absolute atomic E-state index is 0.0646. The van der Waals surface area contributed by atoms with Gasteiger partial charge in [0, 0.05) is 24.6 Å². The van der Waals surface area contributed by atoms with Gasteiger partial charge in [-0.2, -0.15) is 0 Å². The maximum Gasteiger partial charge on any atom is 0.194 e. The minimum atomic E-state index is 0.0646. The maximum atomic E-state index is 13.0. The lowest BCUT2D eigenvalue weighted by Crippen LogP contribution is -2.34. The van der Waals surface area contributed by atoms with Gasteiger partial charge in [-0.1, -0.05) is 6.07 Å². The summed E-state index contributed by atoms with van der Waals surface area (Å²) in [5, 5.41) is 4.26. The van der Waals surface area contributed by atoms with Crippen molar-refractivity contribution in [1.29, 1.82) is 0 Å². The molecule has 0 spiro atoms. The molecule has 1 aliphatic carbocycles. The lowest BCUT2D eigenvalue weighted by atomic mass is 9.83. The molecule has 0 saturated heterocycles. The van der Waals surface area contributed by atoms with Gasteiger partial charge in [0.2, 0.25) is 0 Å². The molecule has 0 unspecified atom stereocenters. The average Bonchev–Trinajstić information content (AvgIpc) is 3.26. The molecule has 2 aliphatic rings. The van der Waals surface area contributed by atoms with E-state index in [2.05, 4.69) is 22.4 Å². The molecule has 1 aliphatic heterocycles. The van der Waals surface area contributed by atoms with E-state index in [-0.39, 0.29) is 11.7 Å². The summed E-state index contributed by atoms with van der Waals surface area (Å²) in [6.07, 6.45) is 3.80. The number of ketones is 1. The molecule has 1 N–H and O–H groups in total. The highest BCUT2D eigenvalue weighted by molar-refractivity contribution is 7.20. The van der Waals surface area contributed by atoms with Gasteiger partial charge in [0.15, 0.2) is 22.3 Å². The summed E-state index contributed by atoms with van der Waals surface area (Å²) in [6.45, 7) is 2.00.